The van der Waals surface area contributed by atoms with Crippen LogP contribution < -0.4 is 0 Å². The minimum Gasteiger partial charge on any atom is -0.245 e. The first-order valence-electron chi connectivity index (χ1n) is 6.99. The van der Waals surface area contributed by atoms with Crippen LogP contribution in [0.1, 0.15) is 26.2 Å². The number of hydrogen-bond donors (Lipinski definition) is 0. The van der Waals surface area contributed by atoms with E-state index >= 15 is 0 Å². The van der Waals surface area contributed by atoms with Gasteiger partial charge in [-0.2, -0.15) is 0 Å². The van der Waals surface area contributed by atoms with Gasteiger partial charge in [0, 0.05) is 9.97 Å². The van der Waals surface area contributed by atoms with E-state index in [0.717, 1.165) is 36.8 Å². The van der Waals surface area contributed by atoms with Crippen molar-refractivity contribution in [2.75, 3.05) is 0 Å². The summed E-state index contributed by atoms with van der Waals surface area (Å²) in [5.41, 5.74) is 3.55. The summed E-state index contributed by atoms with van der Waals surface area (Å²) >= 11 is 2.50. The van der Waals surface area contributed by atoms with E-state index in [-0.39, 0.29) is 0 Å². The maximum atomic E-state index is 4.23. The van der Waals surface area contributed by atoms with Crippen LogP contribution in [0.4, 0.5) is 0 Å². The smallest absolute Gasteiger partial charge is 0.113 e. The second kappa shape index (κ2) is 5.68. The quantitative estimate of drug-likeness (QED) is 0.586. The zero-order chi connectivity index (χ0) is 14.0. The van der Waals surface area contributed by atoms with E-state index in [1.54, 1.807) is 0 Å². The third-order valence-corrected chi connectivity index (χ3v) is 4.46. The molecule has 0 saturated heterocycles. The van der Waals surface area contributed by atoms with Crippen LogP contribution in [-0.2, 0) is 6.54 Å². The Bertz CT molecular complexity index is 667. The lowest BCUT2D eigenvalue weighted by molar-refractivity contribution is 0.573. The molecular formula is C16H18IN3. The average Bonchev–Trinajstić information content (AvgIpc) is 2.84. The van der Waals surface area contributed by atoms with Crippen LogP contribution in [0.15, 0.2) is 48.1 Å². The van der Waals surface area contributed by atoms with Gasteiger partial charge in [-0.3, -0.25) is 0 Å². The molecule has 3 rings (SSSR count). The third kappa shape index (κ3) is 3.11. The standard InChI is InChI=1S/C16H18IN3/c1-16(17)10-8-13(9-11-16)5-4-12-20-15-7-3-2-6-14(15)18-19-20/h2-3,6-10H,4-5,11-12H2,1H3. The molecule has 104 valence electrons. The molecule has 1 heterocycles. The fraction of sp³-hybridized carbons (Fsp3) is 0.375. The van der Waals surface area contributed by atoms with Crippen molar-refractivity contribution in [3.8, 4) is 0 Å². The van der Waals surface area contributed by atoms with Crippen LogP contribution in [0.5, 0.6) is 0 Å². The van der Waals surface area contributed by atoms with Gasteiger partial charge < -0.3 is 0 Å². The van der Waals surface area contributed by atoms with E-state index in [1.807, 2.05) is 22.9 Å². The maximum absolute atomic E-state index is 4.23. The molecule has 20 heavy (non-hydrogen) atoms. The van der Waals surface area contributed by atoms with E-state index < -0.39 is 0 Å². The molecule has 1 aromatic carbocycles. The van der Waals surface area contributed by atoms with Gasteiger partial charge in [-0.25, -0.2) is 4.68 Å². The number of nitrogens with zero attached hydrogens (tertiary/aromatic N) is 3. The predicted molar refractivity (Wildman–Crippen MR) is 91.0 cm³/mol. The van der Waals surface area contributed by atoms with E-state index in [1.165, 1.54) is 5.57 Å². The Kier molecular flexibility index (Phi) is 3.92. The zero-order valence-electron chi connectivity index (χ0n) is 11.6. The highest BCUT2D eigenvalue weighted by Crippen LogP contribution is 2.30. The molecule has 3 nitrogen and oxygen atoms in total. The van der Waals surface area contributed by atoms with Gasteiger partial charge in [0.25, 0.3) is 0 Å². The summed E-state index contributed by atoms with van der Waals surface area (Å²) in [5, 5.41) is 8.42. The summed E-state index contributed by atoms with van der Waals surface area (Å²) in [6, 6.07) is 8.12. The minimum atomic E-state index is 0.295. The lowest BCUT2D eigenvalue weighted by atomic mass is 9.96. The van der Waals surface area contributed by atoms with Gasteiger partial charge in [0.2, 0.25) is 0 Å². The van der Waals surface area contributed by atoms with Gasteiger partial charge in [-0.1, -0.05) is 63.7 Å². The Morgan fingerprint density at radius 3 is 3.00 bits per heavy atom. The summed E-state index contributed by atoms with van der Waals surface area (Å²) in [6.07, 6.45) is 10.3. The van der Waals surface area contributed by atoms with Crippen molar-refractivity contribution in [1.82, 2.24) is 15.0 Å². The van der Waals surface area contributed by atoms with Crippen molar-refractivity contribution >= 4 is 33.6 Å². The second-order valence-electron chi connectivity index (χ2n) is 5.50. The molecule has 1 aromatic heterocycles. The van der Waals surface area contributed by atoms with Crippen molar-refractivity contribution in [2.45, 2.75) is 36.2 Å². The van der Waals surface area contributed by atoms with Crippen molar-refractivity contribution in [3.63, 3.8) is 0 Å². The molecule has 1 aliphatic carbocycles. The number of alkyl halides is 1. The van der Waals surface area contributed by atoms with Crippen molar-refractivity contribution in [3.05, 3.63) is 48.1 Å². The van der Waals surface area contributed by atoms with E-state index in [9.17, 15) is 0 Å². The number of allylic oxidation sites excluding steroid dienone is 4. The Balaban J connectivity index is 1.59. The first-order chi connectivity index (χ1) is 9.64. The normalized spacial score (nSPS) is 22.2. The van der Waals surface area contributed by atoms with Gasteiger partial charge in [-0.05, 0) is 38.3 Å². The zero-order valence-corrected chi connectivity index (χ0v) is 13.7. The molecule has 0 aliphatic heterocycles. The van der Waals surface area contributed by atoms with Crippen LogP contribution in [-0.4, -0.2) is 18.4 Å². The summed E-state index contributed by atoms with van der Waals surface area (Å²) in [7, 11) is 0. The summed E-state index contributed by atoms with van der Waals surface area (Å²) in [4.78, 5) is 0. The van der Waals surface area contributed by atoms with E-state index in [2.05, 4.69) is 64.1 Å². The number of para-hydroxylation sites is 1. The molecule has 1 aliphatic rings. The van der Waals surface area contributed by atoms with Gasteiger partial charge in [-0.15, -0.1) is 5.10 Å². The average molecular weight is 379 g/mol. The number of halogens is 1. The van der Waals surface area contributed by atoms with Gasteiger partial charge in [0.1, 0.15) is 5.52 Å². The molecule has 0 fully saturated rings. The number of fused-ring (bicyclic) bond motifs is 1. The fourth-order valence-electron chi connectivity index (χ4n) is 2.45. The Morgan fingerprint density at radius 2 is 2.20 bits per heavy atom. The molecule has 2 aromatic rings. The lowest BCUT2D eigenvalue weighted by Crippen LogP contribution is -2.12. The first kappa shape index (κ1) is 13.8. The number of benzene rings is 1. The second-order valence-corrected chi connectivity index (χ2v) is 7.96. The third-order valence-electron chi connectivity index (χ3n) is 3.66. The van der Waals surface area contributed by atoms with Crippen molar-refractivity contribution < 1.29 is 0 Å². The molecule has 1 unspecified atom stereocenters. The van der Waals surface area contributed by atoms with Crippen LogP contribution in [0.25, 0.3) is 11.0 Å². The SMILES string of the molecule is CC1(I)C=CC(CCCn2nnc3ccccc32)=CC1. The highest BCUT2D eigenvalue weighted by molar-refractivity contribution is 14.1. The monoisotopic (exact) mass is 379 g/mol. The lowest BCUT2D eigenvalue weighted by Gasteiger charge is -2.20. The maximum Gasteiger partial charge on any atom is 0.113 e. The summed E-state index contributed by atoms with van der Waals surface area (Å²) in [6.45, 7) is 3.19. The molecule has 1 atom stereocenters. The molecule has 0 saturated carbocycles. The Hall–Kier alpha value is -1.17. The van der Waals surface area contributed by atoms with E-state index in [4.69, 9.17) is 0 Å². The predicted octanol–water partition coefficient (Wildman–Crippen LogP) is 4.29. The summed E-state index contributed by atoms with van der Waals surface area (Å²) in [5.74, 6) is 0. The molecule has 0 bridgehead atoms. The highest BCUT2D eigenvalue weighted by atomic mass is 127. The molecule has 0 N–H and O–H groups in total. The molecule has 0 amide bonds. The molecular weight excluding hydrogens is 361 g/mol. The highest BCUT2D eigenvalue weighted by Gasteiger charge is 2.17. The Labute approximate surface area is 132 Å². The largest absolute Gasteiger partial charge is 0.245 e. The van der Waals surface area contributed by atoms with Gasteiger partial charge in [0.05, 0.1) is 5.52 Å². The topological polar surface area (TPSA) is 30.7 Å². The van der Waals surface area contributed by atoms with Crippen LogP contribution in [0, 0.1) is 0 Å². The molecule has 0 spiro atoms. The number of aryl methyl sites for hydroxylation is 1. The molecule has 4 heteroatoms. The first-order valence-corrected chi connectivity index (χ1v) is 8.07. The number of aromatic nitrogens is 3. The van der Waals surface area contributed by atoms with E-state index in [0.29, 0.717) is 3.42 Å². The number of hydrogen-bond acceptors (Lipinski definition) is 2. The number of rotatable bonds is 4. The van der Waals surface area contributed by atoms with Gasteiger partial charge in [0.15, 0.2) is 0 Å². The van der Waals surface area contributed by atoms with Crippen LogP contribution in [0.3, 0.4) is 0 Å². The van der Waals surface area contributed by atoms with Crippen molar-refractivity contribution in [2.24, 2.45) is 0 Å². The van der Waals surface area contributed by atoms with Crippen molar-refractivity contribution in [1.29, 1.82) is 0 Å². The van der Waals surface area contributed by atoms with Crippen LogP contribution >= 0.6 is 22.6 Å². The van der Waals surface area contributed by atoms with Gasteiger partial charge >= 0.3 is 0 Å². The Morgan fingerprint density at radius 1 is 1.35 bits per heavy atom. The molecule has 0 radical (unpaired) electrons. The summed E-state index contributed by atoms with van der Waals surface area (Å²) < 4.78 is 2.30. The van der Waals surface area contributed by atoms with Crippen LogP contribution in [0.2, 0.25) is 0 Å². The minimum absolute atomic E-state index is 0.295. The fourth-order valence-corrected chi connectivity index (χ4v) is 2.85.